The van der Waals surface area contributed by atoms with E-state index >= 15 is 0 Å². The van der Waals surface area contributed by atoms with E-state index in [1.54, 1.807) is 0 Å². The van der Waals surface area contributed by atoms with E-state index in [0.717, 1.165) is 36.8 Å². The van der Waals surface area contributed by atoms with E-state index in [1.165, 1.54) is 5.39 Å². The topological polar surface area (TPSA) is 40.5 Å². The zero-order valence-corrected chi connectivity index (χ0v) is 12.2. The van der Waals surface area contributed by atoms with E-state index in [0.29, 0.717) is 13.0 Å². The van der Waals surface area contributed by atoms with E-state index in [2.05, 4.69) is 6.07 Å². The number of aliphatic hydroxyl groups excluding tert-OH is 1. The number of carbonyl (C=O) groups is 1. The first kappa shape index (κ1) is 14.1. The molecule has 3 heteroatoms. The molecule has 0 radical (unpaired) electrons. The summed E-state index contributed by atoms with van der Waals surface area (Å²) < 4.78 is 0. The molecule has 21 heavy (non-hydrogen) atoms. The largest absolute Gasteiger partial charge is 0.387 e. The molecule has 0 bridgehead atoms. The van der Waals surface area contributed by atoms with Gasteiger partial charge in [0.1, 0.15) is 0 Å². The number of rotatable bonds is 3. The molecule has 0 saturated carbocycles. The van der Waals surface area contributed by atoms with Crippen molar-refractivity contribution in [1.82, 2.24) is 4.90 Å². The van der Waals surface area contributed by atoms with Crippen LogP contribution in [-0.4, -0.2) is 29.0 Å². The van der Waals surface area contributed by atoms with E-state index in [4.69, 9.17) is 0 Å². The van der Waals surface area contributed by atoms with Gasteiger partial charge in [-0.25, -0.2) is 0 Å². The van der Waals surface area contributed by atoms with Gasteiger partial charge in [-0.1, -0.05) is 42.8 Å². The van der Waals surface area contributed by atoms with Crippen LogP contribution in [0.15, 0.2) is 42.5 Å². The summed E-state index contributed by atoms with van der Waals surface area (Å²) in [5.74, 6) is 0.173. The molecule has 1 atom stereocenters. The van der Waals surface area contributed by atoms with Gasteiger partial charge in [-0.3, -0.25) is 4.79 Å². The third-order valence-electron chi connectivity index (χ3n) is 4.22. The molecule has 3 rings (SSSR count). The summed E-state index contributed by atoms with van der Waals surface area (Å²) in [4.78, 5) is 13.8. The molecule has 1 unspecified atom stereocenters. The Morgan fingerprint density at radius 1 is 1.05 bits per heavy atom. The molecule has 1 amide bonds. The number of β-amino-alcohol motifs (C(OH)–C–C–N with tert-alkyl or cyclic N) is 1. The summed E-state index contributed by atoms with van der Waals surface area (Å²) in [5.41, 5.74) is 0.880. The van der Waals surface area contributed by atoms with Crippen LogP contribution in [0.3, 0.4) is 0 Å². The normalized spacial score (nSPS) is 17.8. The summed E-state index contributed by atoms with van der Waals surface area (Å²) in [6, 6.07) is 14.1. The summed E-state index contributed by atoms with van der Waals surface area (Å²) in [7, 11) is 0. The van der Waals surface area contributed by atoms with Crippen LogP contribution in [0.1, 0.15) is 37.4 Å². The lowest BCUT2D eigenvalue weighted by Gasteiger charge is -2.24. The molecular formula is C18H21NO2. The Kier molecular flexibility index (Phi) is 4.20. The van der Waals surface area contributed by atoms with Crippen molar-refractivity contribution in [2.75, 3.05) is 13.1 Å². The number of nitrogens with zero attached hydrogens (tertiary/aromatic N) is 1. The maximum atomic E-state index is 12.0. The molecule has 1 aliphatic rings. The lowest BCUT2D eigenvalue weighted by atomic mass is 10.0. The Morgan fingerprint density at radius 2 is 1.86 bits per heavy atom. The summed E-state index contributed by atoms with van der Waals surface area (Å²) >= 11 is 0. The molecule has 1 aliphatic heterocycles. The molecule has 0 spiro atoms. The second-order valence-corrected chi connectivity index (χ2v) is 5.77. The van der Waals surface area contributed by atoms with E-state index in [9.17, 15) is 9.90 Å². The lowest BCUT2D eigenvalue weighted by Crippen LogP contribution is -2.34. The summed E-state index contributed by atoms with van der Waals surface area (Å²) in [5, 5.41) is 12.7. The highest BCUT2D eigenvalue weighted by Gasteiger charge is 2.20. The van der Waals surface area contributed by atoms with Crippen molar-refractivity contribution < 1.29 is 9.90 Å². The molecular weight excluding hydrogens is 262 g/mol. The zero-order valence-electron chi connectivity index (χ0n) is 12.2. The molecule has 3 nitrogen and oxygen atoms in total. The van der Waals surface area contributed by atoms with Gasteiger partial charge >= 0.3 is 0 Å². The fraction of sp³-hybridized carbons (Fsp3) is 0.389. The predicted molar refractivity (Wildman–Crippen MR) is 84.0 cm³/mol. The SMILES string of the molecule is O=C1CCCCCN1CC(O)c1ccc2ccccc2c1. The number of fused-ring (bicyclic) bond motifs is 1. The molecule has 1 heterocycles. The molecule has 1 saturated heterocycles. The quantitative estimate of drug-likeness (QED) is 0.939. The highest BCUT2D eigenvalue weighted by molar-refractivity contribution is 5.83. The Hall–Kier alpha value is -1.87. The van der Waals surface area contributed by atoms with Gasteiger partial charge in [0.05, 0.1) is 12.6 Å². The first-order valence-electron chi connectivity index (χ1n) is 7.68. The predicted octanol–water partition coefficient (Wildman–Crippen LogP) is 3.28. The van der Waals surface area contributed by atoms with Crippen LogP contribution in [0.2, 0.25) is 0 Å². The van der Waals surface area contributed by atoms with Gasteiger partial charge in [-0.2, -0.15) is 0 Å². The van der Waals surface area contributed by atoms with Gasteiger partial charge in [0.15, 0.2) is 0 Å². The van der Waals surface area contributed by atoms with Crippen molar-refractivity contribution in [1.29, 1.82) is 0 Å². The first-order valence-corrected chi connectivity index (χ1v) is 7.68. The minimum absolute atomic E-state index is 0.173. The average molecular weight is 283 g/mol. The minimum Gasteiger partial charge on any atom is -0.387 e. The van der Waals surface area contributed by atoms with Crippen molar-refractivity contribution in [3.8, 4) is 0 Å². The van der Waals surface area contributed by atoms with Gasteiger partial charge in [0.2, 0.25) is 5.91 Å². The monoisotopic (exact) mass is 283 g/mol. The molecule has 0 aliphatic carbocycles. The number of hydrogen-bond donors (Lipinski definition) is 1. The zero-order chi connectivity index (χ0) is 14.7. The number of carbonyl (C=O) groups excluding carboxylic acids is 1. The molecule has 1 fully saturated rings. The Bertz CT molecular complexity index is 638. The van der Waals surface area contributed by atoms with Crippen LogP contribution in [0.4, 0.5) is 0 Å². The molecule has 0 aromatic heterocycles. The van der Waals surface area contributed by atoms with Gasteiger partial charge in [-0.05, 0) is 35.2 Å². The van der Waals surface area contributed by atoms with Crippen LogP contribution in [0, 0.1) is 0 Å². The molecule has 110 valence electrons. The van der Waals surface area contributed by atoms with E-state index in [1.807, 2.05) is 41.3 Å². The number of aliphatic hydroxyl groups is 1. The third-order valence-corrected chi connectivity index (χ3v) is 4.22. The van der Waals surface area contributed by atoms with Gasteiger partial charge in [0.25, 0.3) is 0 Å². The van der Waals surface area contributed by atoms with E-state index in [-0.39, 0.29) is 5.91 Å². The number of hydrogen-bond acceptors (Lipinski definition) is 2. The molecule has 2 aromatic carbocycles. The second-order valence-electron chi connectivity index (χ2n) is 5.77. The lowest BCUT2D eigenvalue weighted by molar-refractivity contribution is -0.132. The molecule has 2 aromatic rings. The Morgan fingerprint density at radius 3 is 2.71 bits per heavy atom. The molecule has 1 N–H and O–H groups in total. The van der Waals surface area contributed by atoms with Gasteiger partial charge in [0, 0.05) is 13.0 Å². The van der Waals surface area contributed by atoms with E-state index < -0.39 is 6.10 Å². The standard InChI is InChI=1S/C18H21NO2/c20-17(13-19-11-5-1-2-8-18(19)21)16-10-9-14-6-3-4-7-15(14)12-16/h3-4,6-7,9-10,12,17,20H,1-2,5,8,11,13H2. The van der Waals surface area contributed by atoms with Crippen LogP contribution in [0.5, 0.6) is 0 Å². The average Bonchev–Trinajstić information content (AvgIpc) is 2.72. The fourth-order valence-corrected chi connectivity index (χ4v) is 2.96. The summed E-state index contributed by atoms with van der Waals surface area (Å²) in [6.45, 7) is 1.17. The van der Waals surface area contributed by atoms with Crippen molar-refractivity contribution in [3.63, 3.8) is 0 Å². The maximum Gasteiger partial charge on any atom is 0.222 e. The minimum atomic E-state index is -0.614. The first-order chi connectivity index (χ1) is 10.2. The smallest absolute Gasteiger partial charge is 0.222 e. The Balaban J connectivity index is 1.76. The maximum absolute atomic E-state index is 12.0. The van der Waals surface area contributed by atoms with Crippen LogP contribution >= 0.6 is 0 Å². The highest BCUT2D eigenvalue weighted by atomic mass is 16.3. The fourth-order valence-electron chi connectivity index (χ4n) is 2.96. The van der Waals surface area contributed by atoms with Crippen molar-refractivity contribution in [2.24, 2.45) is 0 Å². The number of amides is 1. The number of likely N-dealkylation sites (tertiary alicyclic amines) is 1. The van der Waals surface area contributed by atoms with Gasteiger partial charge < -0.3 is 10.0 Å². The van der Waals surface area contributed by atoms with Crippen molar-refractivity contribution >= 4 is 16.7 Å². The van der Waals surface area contributed by atoms with Crippen molar-refractivity contribution in [2.45, 2.75) is 31.8 Å². The van der Waals surface area contributed by atoms with Crippen LogP contribution in [-0.2, 0) is 4.79 Å². The van der Waals surface area contributed by atoms with Gasteiger partial charge in [-0.15, -0.1) is 0 Å². The highest BCUT2D eigenvalue weighted by Crippen LogP contribution is 2.22. The van der Waals surface area contributed by atoms with Crippen molar-refractivity contribution in [3.05, 3.63) is 48.0 Å². The summed E-state index contributed by atoms with van der Waals surface area (Å²) in [6.07, 6.45) is 3.12. The van der Waals surface area contributed by atoms with Crippen LogP contribution < -0.4 is 0 Å². The van der Waals surface area contributed by atoms with Crippen LogP contribution in [0.25, 0.3) is 10.8 Å². The number of benzene rings is 2. The third kappa shape index (κ3) is 3.24. The second kappa shape index (κ2) is 6.27. The Labute approximate surface area is 125 Å².